The second kappa shape index (κ2) is 9.00. The molecule has 6 rings (SSSR count). The standard InChI is InChI=1S/C29H28FN3OS/c1-2-19-9-11-20(12-10-19)27-25-7-5-17-32(25)28-24(23-6-3-4-8-26(23)35-28)18-33(27)29(34)31-22-15-13-21(30)14-16-22/h5,7,9-17,27H,2-4,6,8,18H2,1H3,(H,31,34)/t27-/m0/s1. The van der Waals surface area contributed by atoms with Crippen molar-refractivity contribution in [1.29, 1.82) is 0 Å². The van der Waals surface area contributed by atoms with Gasteiger partial charge in [-0.1, -0.05) is 31.2 Å². The smallest absolute Gasteiger partial charge is 0.310 e. The molecule has 1 atom stereocenters. The molecule has 0 bridgehead atoms. The van der Waals surface area contributed by atoms with Crippen LogP contribution in [-0.2, 0) is 25.8 Å². The van der Waals surface area contributed by atoms with Crippen LogP contribution in [0, 0.1) is 5.82 Å². The molecule has 1 N–H and O–H groups in total. The first-order chi connectivity index (χ1) is 17.1. The molecule has 2 aromatic heterocycles. The fourth-order valence-electron chi connectivity index (χ4n) is 5.40. The predicted octanol–water partition coefficient (Wildman–Crippen LogP) is 7.26. The number of halogens is 1. The number of aryl methyl sites for hydroxylation is 2. The Kier molecular flexibility index (Phi) is 5.69. The summed E-state index contributed by atoms with van der Waals surface area (Å²) < 4.78 is 15.8. The second-order valence-corrected chi connectivity index (χ2v) is 10.4. The number of thiophene rings is 1. The van der Waals surface area contributed by atoms with E-state index in [1.54, 1.807) is 12.1 Å². The number of benzene rings is 2. The monoisotopic (exact) mass is 485 g/mol. The zero-order valence-electron chi connectivity index (χ0n) is 19.8. The average molecular weight is 486 g/mol. The molecular formula is C29H28FN3OS. The topological polar surface area (TPSA) is 37.3 Å². The van der Waals surface area contributed by atoms with Gasteiger partial charge in [0.25, 0.3) is 0 Å². The lowest BCUT2D eigenvalue weighted by molar-refractivity contribution is 0.194. The Bertz CT molecular complexity index is 1370. The first kappa shape index (κ1) is 22.1. The minimum Gasteiger partial charge on any atom is -0.310 e. The zero-order chi connectivity index (χ0) is 23.9. The maximum atomic E-state index is 13.9. The van der Waals surface area contributed by atoms with Gasteiger partial charge in [0.15, 0.2) is 0 Å². The van der Waals surface area contributed by atoms with Crippen LogP contribution in [0.1, 0.15) is 58.6 Å². The second-order valence-electron chi connectivity index (χ2n) is 9.36. The Labute approximate surface area is 209 Å². The lowest BCUT2D eigenvalue weighted by Gasteiger charge is -2.31. The summed E-state index contributed by atoms with van der Waals surface area (Å²) in [4.78, 5) is 17.3. The van der Waals surface area contributed by atoms with Crippen molar-refractivity contribution < 1.29 is 9.18 Å². The first-order valence-corrected chi connectivity index (χ1v) is 13.2. The van der Waals surface area contributed by atoms with Gasteiger partial charge in [0.05, 0.1) is 18.3 Å². The summed E-state index contributed by atoms with van der Waals surface area (Å²) in [6.07, 6.45) is 7.71. The summed E-state index contributed by atoms with van der Waals surface area (Å²) in [5.41, 5.74) is 6.72. The minimum atomic E-state index is -0.320. The van der Waals surface area contributed by atoms with Crippen LogP contribution in [0.4, 0.5) is 14.9 Å². The van der Waals surface area contributed by atoms with E-state index < -0.39 is 0 Å². The molecule has 3 heterocycles. The Morgan fingerprint density at radius 3 is 2.57 bits per heavy atom. The van der Waals surface area contributed by atoms with Crippen LogP contribution in [0.25, 0.3) is 5.00 Å². The number of fused-ring (bicyclic) bond motifs is 5. The molecule has 0 spiro atoms. The van der Waals surface area contributed by atoms with E-state index in [0.717, 1.165) is 30.5 Å². The molecule has 2 amide bonds. The Hall–Kier alpha value is -3.38. The van der Waals surface area contributed by atoms with Crippen molar-refractivity contribution in [2.24, 2.45) is 0 Å². The van der Waals surface area contributed by atoms with Crippen LogP contribution in [-0.4, -0.2) is 15.5 Å². The highest BCUT2D eigenvalue weighted by atomic mass is 32.1. The third-order valence-electron chi connectivity index (χ3n) is 7.24. The number of rotatable bonds is 3. The van der Waals surface area contributed by atoms with Gasteiger partial charge in [-0.2, -0.15) is 0 Å². The van der Waals surface area contributed by atoms with Gasteiger partial charge in [-0.05, 0) is 85.2 Å². The number of nitrogens with one attached hydrogen (secondary N) is 1. The molecule has 1 aliphatic heterocycles. The van der Waals surface area contributed by atoms with Gasteiger partial charge in [0.1, 0.15) is 10.8 Å². The molecule has 2 aliphatic rings. The van der Waals surface area contributed by atoms with E-state index in [0.29, 0.717) is 12.2 Å². The lowest BCUT2D eigenvalue weighted by Crippen LogP contribution is -2.38. The van der Waals surface area contributed by atoms with Gasteiger partial charge in [0, 0.05) is 22.3 Å². The summed E-state index contributed by atoms with van der Waals surface area (Å²) in [6.45, 7) is 2.69. The normalized spacial score (nSPS) is 16.7. The van der Waals surface area contributed by atoms with Gasteiger partial charge in [-0.25, -0.2) is 9.18 Å². The SMILES string of the molecule is CCc1ccc([C@H]2c3cccn3-c3sc4c(c3CN2C(=O)Nc2ccc(F)cc2)CCCC4)cc1. The fourth-order valence-corrected chi connectivity index (χ4v) is 6.81. The Morgan fingerprint density at radius 1 is 1.03 bits per heavy atom. The van der Waals surface area contributed by atoms with Crippen LogP contribution in [0.2, 0.25) is 0 Å². The van der Waals surface area contributed by atoms with Gasteiger partial charge in [-0.3, -0.25) is 0 Å². The number of nitrogens with zero attached hydrogens (tertiary/aromatic N) is 2. The average Bonchev–Trinajstić information content (AvgIpc) is 3.47. The molecule has 0 fully saturated rings. The fraction of sp³-hybridized carbons (Fsp3) is 0.276. The number of aromatic nitrogens is 1. The number of carbonyl (C=O) groups excluding carboxylic acids is 1. The Morgan fingerprint density at radius 2 is 1.80 bits per heavy atom. The molecule has 0 unspecified atom stereocenters. The van der Waals surface area contributed by atoms with Gasteiger partial charge >= 0.3 is 6.03 Å². The third kappa shape index (κ3) is 3.96. The Balaban J connectivity index is 1.48. The molecule has 1 aliphatic carbocycles. The molecule has 6 heteroatoms. The zero-order valence-corrected chi connectivity index (χ0v) is 20.6. The highest BCUT2D eigenvalue weighted by Gasteiger charge is 2.36. The van der Waals surface area contributed by atoms with Crippen LogP contribution < -0.4 is 5.32 Å². The molecule has 4 nitrogen and oxygen atoms in total. The van der Waals surface area contributed by atoms with Crippen molar-refractivity contribution in [2.75, 3.05) is 5.32 Å². The summed E-state index contributed by atoms with van der Waals surface area (Å²) in [6, 6.07) is 18.3. The molecule has 0 saturated carbocycles. The van der Waals surface area contributed by atoms with Crippen molar-refractivity contribution in [3.63, 3.8) is 0 Å². The molecule has 0 radical (unpaired) electrons. The van der Waals surface area contributed by atoms with Crippen LogP contribution in [0.3, 0.4) is 0 Å². The summed E-state index contributed by atoms with van der Waals surface area (Å²) in [5.74, 6) is -0.320. The summed E-state index contributed by atoms with van der Waals surface area (Å²) >= 11 is 1.88. The molecule has 0 saturated heterocycles. The van der Waals surface area contributed by atoms with E-state index in [1.165, 1.54) is 51.5 Å². The van der Waals surface area contributed by atoms with Gasteiger partial charge < -0.3 is 14.8 Å². The van der Waals surface area contributed by atoms with Crippen LogP contribution in [0.15, 0.2) is 66.9 Å². The highest BCUT2D eigenvalue weighted by Crippen LogP contribution is 2.44. The number of hydrogen-bond donors (Lipinski definition) is 1. The number of carbonyl (C=O) groups is 1. The number of amides is 2. The van der Waals surface area contributed by atoms with Crippen LogP contribution >= 0.6 is 11.3 Å². The van der Waals surface area contributed by atoms with Crippen molar-refractivity contribution in [3.05, 3.63) is 106 Å². The molecule has 35 heavy (non-hydrogen) atoms. The van der Waals surface area contributed by atoms with E-state index in [4.69, 9.17) is 0 Å². The van der Waals surface area contributed by atoms with Gasteiger partial charge in [-0.15, -0.1) is 11.3 Å². The molecule has 178 valence electrons. The van der Waals surface area contributed by atoms with Crippen molar-refractivity contribution in [3.8, 4) is 5.00 Å². The van der Waals surface area contributed by atoms with Crippen molar-refractivity contribution >= 4 is 23.1 Å². The predicted molar refractivity (Wildman–Crippen MR) is 139 cm³/mol. The third-order valence-corrected chi connectivity index (χ3v) is 8.57. The van der Waals surface area contributed by atoms with Crippen LogP contribution in [0.5, 0.6) is 0 Å². The van der Waals surface area contributed by atoms with E-state index in [1.807, 2.05) is 16.2 Å². The molecule has 4 aromatic rings. The molecule has 2 aromatic carbocycles. The van der Waals surface area contributed by atoms with E-state index in [-0.39, 0.29) is 17.9 Å². The maximum absolute atomic E-state index is 13.9. The lowest BCUT2D eigenvalue weighted by atomic mass is 9.95. The summed E-state index contributed by atoms with van der Waals surface area (Å²) in [7, 11) is 0. The molecular weight excluding hydrogens is 457 g/mol. The number of anilines is 1. The quantitative estimate of drug-likeness (QED) is 0.326. The van der Waals surface area contributed by atoms with E-state index in [9.17, 15) is 9.18 Å². The van der Waals surface area contributed by atoms with E-state index in [2.05, 4.69) is 59.4 Å². The summed E-state index contributed by atoms with van der Waals surface area (Å²) in [5, 5.41) is 4.27. The highest BCUT2D eigenvalue weighted by molar-refractivity contribution is 7.15. The number of urea groups is 1. The maximum Gasteiger partial charge on any atom is 0.322 e. The van der Waals surface area contributed by atoms with Crippen molar-refractivity contribution in [1.82, 2.24) is 9.47 Å². The minimum absolute atomic E-state index is 0.183. The van der Waals surface area contributed by atoms with Gasteiger partial charge in [0.2, 0.25) is 0 Å². The van der Waals surface area contributed by atoms with E-state index >= 15 is 0 Å². The largest absolute Gasteiger partial charge is 0.322 e. The van der Waals surface area contributed by atoms with Crippen molar-refractivity contribution in [2.45, 2.75) is 51.6 Å². The number of hydrogen-bond acceptors (Lipinski definition) is 2. The first-order valence-electron chi connectivity index (χ1n) is 12.4.